The number of benzene rings is 2. The molecule has 0 bridgehead atoms. The standard InChI is InChI=1S/C22H28N4O4/c1-4-30-20(27)15-24-22(29)25-17-10-11-19(26(2)3)18(14-17)21(28)23-13-12-16-8-6-5-7-9-16/h5-11,14H,4,12-13,15H2,1-3H3,(H,23,28)(H2,24,25,29). The number of urea groups is 1. The second-order valence-electron chi connectivity index (χ2n) is 6.73. The zero-order chi connectivity index (χ0) is 21.9. The average Bonchev–Trinajstić information content (AvgIpc) is 2.73. The van der Waals surface area contributed by atoms with E-state index in [4.69, 9.17) is 4.74 Å². The molecule has 8 nitrogen and oxygen atoms in total. The molecule has 0 aliphatic carbocycles. The molecule has 0 aliphatic heterocycles. The Labute approximate surface area is 176 Å². The summed E-state index contributed by atoms with van der Waals surface area (Å²) in [5, 5.41) is 7.97. The highest BCUT2D eigenvalue weighted by atomic mass is 16.5. The van der Waals surface area contributed by atoms with Gasteiger partial charge in [-0.1, -0.05) is 30.3 Å². The van der Waals surface area contributed by atoms with E-state index in [9.17, 15) is 14.4 Å². The second kappa shape index (κ2) is 11.5. The second-order valence-corrected chi connectivity index (χ2v) is 6.73. The minimum absolute atomic E-state index is 0.231. The quantitative estimate of drug-likeness (QED) is 0.549. The van der Waals surface area contributed by atoms with Crippen molar-refractivity contribution in [2.24, 2.45) is 0 Å². The molecule has 0 unspecified atom stereocenters. The molecule has 0 aromatic heterocycles. The Bertz CT molecular complexity index is 869. The molecule has 0 aliphatic rings. The van der Waals surface area contributed by atoms with Crippen molar-refractivity contribution < 1.29 is 19.1 Å². The van der Waals surface area contributed by atoms with Crippen LogP contribution in [0.25, 0.3) is 0 Å². The van der Waals surface area contributed by atoms with Gasteiger partial charge in [-0.25, -0.2) is 4.79 Å². The van der Waals surface area contributed by atoms with Crippen LogP contribution in [0.1, 0.15) is 22.8 Å². The van der Waals surface area contributed by atoms with Crippen LogP contribution in [0.3, 0.4) is 0 Å². The number of anilines is 2. The third-order valence-electron chi connectivity index (χ3n) is 4.22. The van der Waals surface area contributed by atoms with Crippen LogP contribution in [-0.4, -0.2) is 51.7 Å². The fourth-order valence-electron chi connectivity index (χ4n) is 2.79. The first-order chi connectivity index (χ1) is 14.4. The number of amides is 3. The van der Waals surface area contributed by atoms with Gasteiger partial charge < -0.3 is 25.6 Å². The van der Waals surface area contributed by atoms with Gasteiger partial charge in [0.1, 0.15) is 6.54 Å². The molecule has 2 rings (SSSR count). The Balaban J connectivity index is 2.01. The van der Waals surface area contributed by atoms with Gasteiger partial charge in [-0.3, -0.25) is 9.59 Å². The Morgan fingerprint density at radius 1 is 1.00 bits per heavy atom. The van der Waals surface area contributed by atoms with E-state index in [1.165, 1.54) is 0 Å². The first-order valence-corrected chi connectivity index (χ1v) is 9.74. The molecule has 30 heavy (non-hydrogen) atoms. The Morgan fingerprint density at radius 2 is 1.73 bits per heavy atom. The summed E-state index contributed by atoms with van der Waals surface area (Å²) in [5.41, 5.74) is 2.75. The lowest BCUT2D eigenvalue weighted by Gasteiger charge is -2.18. The summed E-state index contributed by atoms with van der Waals surface area (Å²) in [6.45, 7) is 2.20. The van der Waals surface area contributed by atoms with Crippen LogP contribution in [0.4, 0.5) is 16.2 Å². The van der Waals surface area contributed by atoms with E-state index >= 15 is 0 Å². The number of carbonyl (C=O) groups excluding carboxylic acids is 3. The number of hydrogen-bond acceptors (Lipinski definition) is 5. The first-order valence-electron chi connectivity index (χ1n) is 9.74. The van der Waals surface area contributed by atoms with Crippen molar-refractivity contribution in [2.45, 2.75) is 13.3 Å². The highest BCUT2D eigenvalue weighted by molar-refractivity contribution is 6.02. The molecule has 0 radical (unpaired) electrons. The Morgan fingerprint density at radius 3 is 2.40 bits per heavy atom. The van der Waals surface area contributed by atoms with Crippen molar-refractivity contribution in [2.75, 3.05) is 44.0 Å². The third kappa shape index (κ3) is 7.12. The SMILES string of the molecule is CCOC(=O)CNC(=O)Nc1ccc(N(C)C)c(C(=O)NCCc2ccccc2)c1. The smallest absolute Gasteiger partial charge is 0.325 e. The number of ether oxygens (including phenoxy) is 1. The Hall–Kier alpha value is -3.55. The molecule has 0 saturated heterocycles. The lowest BCUT2D eigenvalue weighted by Crippen LogP contribution is -2.34. The van der Waals surface area contributed by atoms with Crippen LogP contribution >= 0.6 is 0 Å². The maximum Gasteiger partial charge on any atom is 0.325 e. The maximum absolute atomic E-state index is 12.8. The molecule has 0 atom stereocenters. The van der Waals surface area contributed by atoms with Crippen molar-refractivity contribution in [1.82, 2.24) is 10.6 Å². The molecule has 0 heterocycles. The summed E-state index contributed by atoms with van der Waals surface area (Å²) < 4.78 is 4.76. The van der Waals surface area contributed by atoms with Crippen molar-refractivity contribution in [3.05, 3.63) is 59.7 Å². The highest BCUT2D eigenvalue weighted by Crippen LogP contribution is 2.23. The normalized spacial score (nSPS) is 10.1. The van der Waals surface area contributed by atoms with E-state index in [0.717, 1.165) is 17.7 Å². The van der Waals surface area contributed by atoms with E-state index in [-0.39, 0.29) is 19.1 Å². The molecule has 3 amide bonds. The van der Waals surface area contributed by atoms with Gasteiger partial charge in [-0.15, -0.1) is 0 Å². The van der Waals surface area contributed by atoms with Gasteiger partial charge in [0.25, 0.3) is 5.91 Å². The number of rotatable bonds is 9. The highest BCUT2D eigenvalue weighted by Gasteiger charge is 2.15. The zero-order valence-corrected chi connectivity index (χ0v) is 17.5. The predicted molar refractivity (Wildman–Crippen MR) is 117 cm³/mol. The largest absolute Gasteiger partial charge is 0.465 e. The van der Waals surface area contributed by atoms with Gasteiger partial charge in [0.05, 0.1) is 12.2 Å². The van der Waals surface area contributed by atoms with Crippen molar-refractivity contribution >= 4 is 29.3 Å². The molecule has 0 spiro atoms. The Kier molecular flexibility index (Phi) is 8.68. The maximum atomic E-state index is 12.8. The summed E-state index contributed by atoms with van der Waals surface area (Å²) in [4.78, 5) is 37.9. The fourth-order valence-corrected chi connectivity index (χ4v) is 2.79. The minimum Gasteiger partial charge on any atom is -0.465 e. The molecular weight excluding hydrogens is 384 g/mol. The van der Waals surface area contributed by atoms with Gasteiger partial charge in [-0.05, 0) is 37.1 Å². The third-order valence-corrected chi connectivity index (χ3v) is 4.22. The number of carbonyl (C=O) groups is 3. The van der Waals surface area contributed by atoms with Crippen molar-refractivity contribution in [3.8, 4) is 0 Å². The van der Waals surface area contributed by atoms with Gasteiger partial charge in [-0.2, -0.15) is 0 Å². The summed E-state index contributed by atoms with van der Waals surface area (Å²) in [7, 11) is 3.68. The van der Waals surface area contributed by atoms with Crippen LogP contribution in [0.5, 0.6) is 0 Å². The van der Waals surface area contributed by atoms with E-state index in [1.807, 2.05) is 49.3 Å². The molecule has 8 heteroatoms. The summed E-state index contributed by atoms with van der Waals surface area (Å²) in [6, 6.07) is 14.4. The number of nitrogens with zero attached hydrogens (tertiary/aromatic N) is 1. The van der Waals surface area contributed by atoms with E-state index in [1.54, 1.807) is 25.1 Å². The summed E-state index contributed by atoms with van der Waals surface area (Å²) in [5.74, 6) is -0.751. The van der Waals surface area contributed by atoms with Crippen LogP contribution in [0.15, 0.2) is 48.5 Å². The van der Waals surface area contributed by atoms with Crippen LogP contribution < -0.4 is 20.9 Å². The fraction of sp³-hybridized carbons (Fsp3) is 0.318. The predicted octanol–water partition coefficient (Wildman–Crippen LogP) is 2.41. The first kappa shape index (κ1) is 22.7. The minimum atomic E-state index is -0.559. The summed E-state index contributed by atoms with van der Waals surface area (Å²) >= 11 is 0. The molecule has 0 fully saturated rings. The summed E-state index contributed by atoms with van der Waals surface area (Å²) in [6.07, 6.45) is 0.720. The van der Waals surface area contributed by atoms with Crippen molar-refractivity contribution in [3.63, 3.8) is 0 Å². The number of nitrogens with one attached hydrogen (secondary N) is 3. The van der Waals surface area contributed by atoms with E-state index in [0.29, 0.717) is 17.8 Å². The molecule has 3 N–H and O–H groups in total. The molecular formula is C22H28N4O4. The van der Waals surface area contributed by atoms with Gasteiger partial charge in [0, 0.05) is 32.0 Å². The van der Waals surface area contributed by atoms with E-state index < -0.39 is 12.0 Å². The van der Waals surface area contributed by atoms with Gasteiger partial charge >= 0.3 is 12.0 Å². The lowest BCUT2D eigenvalue weighted by atomic mass is 10.1. The van der Waals surface area contributed by atoms with Crippen LogP contribution in [-0.2, 0) is 16.0 Å². The topological polar surface area (TPSA) is 99.8 Å². The molecule has 2 aromatic rings. The zero-order valence-electron chi connectivity index (χ0n) is 17.5. The van der Waals surface area contributed by atoms with Crippen LogP contribution in [0.2, 0.25) is 0 Å². The van der Waals surface area contributed by atoms with Crippen LogP contribution in [0, 0.1) is 0 Å². The lowest BCUT2D eigenvalue weighted by molar-refractivity contribution is -0.141. The number of hydrogen-bond donors (Lipinski definition) is 3. The van der Waals surface area contributed by atoms with Crippen molar-refractivity contribution in [1.29, 1.82) is 0 Å². The molecule has 160 valence electrons. The van der Waals surface area contributed by atoms with E-state index in [2.05, 4.69) is 16.0 Å². The molecule has 2 aromatic carbocycles. The average molecular weight is 412 g/mol. The van der Waals surface area contributed by atoms with Gasteiger partial charge in [0.15, 0.2) is 0 Å². The number of esters is 1. The molecule has 0 saturated carbocycles. The monoisotopic (exact) mass is 412 g/mol. The van der Waals surface area contributed by atoms with Gasteiger partial charge in [0.2, 0.25) is 0 Å².